The molecule has 3 N–H and O–H groups in total. The summed E-state index contributed by atoms with van der Waals surface area (Å²) in [6.45, 7) is 1.43. The Hall–Kier alpha value is -3.30. The molecular formula is C23H20FN5O2S. The number of aromatic nitrogens is 2. The molecule has 0 radical (unpaired) electrons. The predicted molar refractivity (Wildman–Crippen MR) is 123 cm³/mol. The molecule has 2 aromatic carbocycles. The Labute approximate surface area is 187 Å². The molecule has 3 aromatic rings. The van der Waals surface area contributed by atoms with Crippen LogP contribution in [0.5, 0.6) is 0 Å². The Morgan fingerprint density at radius 2 is 2.09 bits per heavy atom. The third kappa shape index (κ3) is 3.96. The number of amides is 2. The molecular weight excluding hydrogens is 429 g/mol. The summed E-state index contributed by atoms with van der Waals surface area (Å²) in [5.41, 5.74) is 9.40. The van der Waals surface area contributed by atoms with E-state index in [1.54, 1.807) is 30.5 Å². The van der Waals surface area contributed by atoms with Crippen LogP contribution in [0.15, 0.2) is 47.5 Å². The molecule has 2 aliphatic heterocycles. The summed E-state index contributed by atoms with van der Waals surface area (Å²) in [6.07, 6.45) is 5.15. The number of nitrogens with two attached hydrogens (primary N) is 1. The summed E-state index contributed by atoms with van der Waals surface area (Å²) in [5.74, 6) is -0.722. The summed E-state index contributed by atoms with van der Waals surface area (Å²) < 4.78 is 15.1. The van der Waals surface area contributed by atoms with E-state index in [1.165, 1.54) is 6.07 Å². The van der Waals surface area contributed by atoms with Gasteiger partial charge in [-0.25, -0.2) is 4.39 Å². The van der Waals surface area contributed by atoms with Gasteiger partial charge in [-0.2, -0.15) is 10.2 Å². The largest absolute Gasteiger partial charge is 0.368 e. The van der Waals surface area contributed by atoms with Gasteiger partial charge in [0.05, 0.1) is 22.3 Å². The van der Waals surface area contributed by atoms with Gasteiger partial charge in [0.1, 0.15) is 5.82 Å². The van der Waals surface area contributed by atoms with E-state index >= 15 is 4.39 Å². The lowest BCUT2D eigenvalue weighted by molar-refractivity contribution is -0.115. The number of thioether (sulfide) groups is 1. The molecule has 1 atom stereocenters. The number of rotatable bonds is 3. The number of hydrogen-bond donors (Lipinski definition) is 2. The highest BCUT2D eigenvalue weighted by Gasteiger charge is 2.25. The number of benzene rings is 2. The Bertz CT molecular complexity index is 1280. The number of hydrogen-bond acceptors (Lipinski definition) is 7. The molecule has 1 aromatic heterocycles. The molecule has 0 spiro atoms. The van der Waals surface area contributed by atoms with Gasteiger partial charge in [-0.1, -0.05) is 12.1 Å². The molecule has 2 aliphatic rings. The summed E-state index contributed by atoms with van der Waals surface area (Å²) in [7, 11) is 0. The Kier molecular flexibility index (Phi) is 5.36. The first kappa shape index (κ1) is 20.6. The van der Waals surface area contributed by atoms with E-state index in [9.17, 15) is 9.59 Å². The van der Waals surface area contributed by atoms with Crippen molar-refractivity contribution < 1.29 is 14.0 Å². The maximum Gasteiger partial charge on any atom is 0.290 e. The van der Waals surface area contributed by atoms with E-state index in [4.69, 9.17) is 5.73 Å². The fourth-order valence-corrected chi connectivity index (χ4v) is 4.81. The molecule has 0 bridgehead atoms. The number of nitrogens with zero attached hydrogens (tertiary/aromatic N) is 3. The first-order valence-corrected chi connectivity index (χ1v) is 11.1. The number of carbonyl (C=O) groups is 2. The predicted octanol–water partition coefficient (Wildman–Crippen LogP) is 3.69. The number of piperidine rings is 1. The normalized spacial score (nSPS) is 20.2. The van der Waals surface area contributed by atoms with Crippen LogP contribution in [-0.2, 0) is 4.79 Å². The third-order valence-corrected chi connectivity index (χ3v) is 6.47. The van der Waals surface area contributed by atoms with Crippen molar-refractivity contribution in [2.24, 2.45) is 5.73 Å². The van der Waals surface area contributed by atoms with Crippen LogP contribution in [0, 0.1) is 5.82 Å². The molecule has 5 rings (SSSR count). The van der Waals surface area contributed by atoms with Crippen LogP contribution in [-0.4, -0.2) is 40.5 Å². The van der Waals surface area contributed by atoms with Gasteiger partial charge >= 0.3 is 0 Å². The van der Waals surface area contributed by atoms with Crippen LogP contribution in [0.2, 0.25) is 0 Å². The van der Waals surface area contributed by atoms with Crippen molar-refractivity contribution in [1.82, 2.24) is 15.5 Å². The maximum absolute atomic E-state index is 15.1. The van der Waals surface area contributed by atoms with E-state index in [0.717, 1.165) is 47.7 Å². The summed E-state index contributed by atoms with van der Waals surface area (Å²) in [6, 6.07) is 10.7. The lowest BCUT2D eigenvalue weighted by Gasteiger charge is -2.32. The molecule has 32 heavy (non-hydrogen) atoms. The number of halogens is 1. The summed E-state index contributed by atoms with van der Waals surface area (Å²) in [4.78, 5) is 25.6. The monoisotopic (exact) mass is 449 g/mol. The molecule has 0 aliphatic carbocycles. The van der Waals surface area contributed by atoms with Crippen LogP contribution in [0.3, 0.4) is 0 Å². The van der Waals surface area contributed by atoms with Gasteiger partial charge in [-0.15, -0.1) is 0 Å². The molecule has 162 valence electrons. The van der Waals surface area contributed by atoms with Gasteiger partial charge in [0.25, 0.3) is 11.1 Å². The highest BCUT2D eigenvalue weighted by Crippen LogP contribution is 2.33. The number of nitrogens with one attached hydrogen (secondary N) is 1. The number of anilines is 1. The number of imide groups is 1. The zero-order valence-electron chi connectivity index (χ0n) is 17.0. The average molecular weight is 450 g/mol. The third-order valence-electron chi connectivity index (χ3n) is 5.66. The molecule has 0 saturated carbocycles. The smallest absolute Gasteiger partial charge is 0.290 e. The van der Waals surface area contributed by atoms with Crippen molar-refractivity contribution in [3.8, 4) is 11.1 Å². The standard InChI is InChI=1S/C23H20FN5O2S/c24-18-10-14(4-6-20(18)29-7-1-2-15(25)12-29)17-11-26-28-19-5-3-13(8-16(17)19)9-21-22(30)27-23(31)32-21/h3-6,8-11,15H,1-2,7,12,25H2,(H,27,30,31)/t15-/m1/s1. The van der Waals surface area contributed by atoms with Crippen LogP contribution in [0.1, 0.15) is 18.4 Å². The Morgan fingerprint density at radius 3 is 2.84 bits per heavy atom. The second-order valence-corrected chi connectivity index (χ2v) is 8.92. The van der Waals surface area contributed by atoms with E-state index in [-0.39, 0.29) is 17.1 Å². The molecule has 3 heterocycles. The fourth-order valence-electron chi connectivity index (χ4n) is 4.13. The molecule has 2 fully saturated rings. The molecule has 9 heteroatoms. The second-order valence-electron chi connectivity index (χ2n) is 7.90. The fraction of sp³-hybridized carbons (Fsp3) is 0.217. The van der Waals surface area contributed by atoms with E-state index < -0.39 is 5.91 Å². The molecule has 2 amide bonds. The van der Waals surface area contributed by atoms with Crippen LogP contribution in [0.25, 0.3) is 28.1 Å². The number of carbonyl (C=O) groups excluding carboxylic acids is 2. The van der Waals surface area contributed by atoms with Crippen molar-refractivity contribution >= 4 is 45.6 Å². The first-order chi connectivity index (χ1) is 15.5. The van der Waals surface area contributed by atoms with Crippen molar-refractivity contribution in [3.63, 3.8) is 0 Å². The van der Waals surface area contributed by atoms with Crippen LogP contribution in [0.4, 0.5) is 14.9 Å². The van der Waals surface area contributed by atoms with Gasteiger partial charge in [0.2, 0.25) is 0 Å². The zero-order valence-corrected chi connectivity index (χ0v) is 17.9. The lowest BCUT2D eigenvalue weighted by atomic mass is 9.99. The van der Waals surface area contributed by atoms with Crippen molar-refractivity contribution in [1.29, 1.82) is 0 Å². The molecule has 0 unspecified atom stereocenters. The highest BCUT2D eigenvalue weighted by atomic mass is 32.2. The van der Waals surface area contributed by atoms with Gasteiger partial charge in [0.15, 0.2) is 0 Å². The minimum Gasteiger partial charge on any atom is -0.368 e. The molecule has 7 nitrogen and oxygen atoms in total. The van der Waals surface area contributed by atoms with Crippen molar-refractivity contribution in [3.05, 3.63) is 58.9 Å². The average Bonchev–Trinajstić information content (AvgIpc) is 3.09. The first-order valence-electron chi connectivity index (χ1n) is 10.3. The summed E-state index contributed by atoms with van der Waals surface area (Å²) >= 11 is 0.862. The SMILES string of the molecule is N[C@@H]1CCCN(c2ccc(-c3cnnc4ccc(C=C5SC(=O)NC5=O)cc34)cc2F)C1. The minimum atomic E-state index is -0.414. The van der Waals surface area contributed by atoms with Gasteiger partial charge in [0, 0.05) is 30.1 Å². The Balaban J connectivity index is 1.52. The Morgan fingerprint density at radius 1 is 1.22 bits per heavy atom. The van der Waals surface area contributed by atoms with Gasteiger partial charge in [-0.3, -0.25) is 14.9 Å². The summed E-state index contributed by atoms with van der Waals surface area (Å²) in [5, 5.41) is 10.9. The van der Waals surface area contributed by atoms with E-state index in [0.29, 0.717) is 28.2 Å². The van der Waals surface area contributed by atoms with E-state index in [2.05, 4.69) is 15.5 Å². The zero-order chi connectivity index (χ0) is 22.2. The maximum atomic E-state index is 15.1. The van der Waals surface area contributed by atoms with Crippen molar-refractivity contribution in [2.45, 2.75) is 18.9 Å². The van der Waals surface area contributed by atoms with Gasteiger partial charge in [-0.05, 0) is 66.1 Å². The van der Waals surface area contributed by atoms with Crippen LogP contribution >= 0.6 is 11.8 Å². The minimum absolute atomic E-state index is 0.0547. The van der Waals surface area contributed by atoms with Crippen LogP contribution < -0.4 is 16.0 Å². The van der Waals surface area contributed by atoms with E-state index in [1.807, 2.05) is 17.0 Å². The number of fused-ring (bicyclic) bond motifs is 1. The lowest BCUT2D eigenvalue weighted by Crippen LogP contribution is -2.43. The van der Waals surface area contributed by atoms with Gasteiger partial charge < -0.3 is 10.6 Å². The second kappa shape index (κ2) is 8.33. The molecule has 2 saturated heterocycles. The quantitative estimate of drug-likeness (QED) is 0.588. The van der Waals surface area contributed by atoms with Crippen molar-refractivity contribution in [2.75, 3.05) is 18.0 Å². The topological polar surface area (TPSA) is 101 Å². The highest BCUT2D eigenvalue weighted by molar-refractivity contribution is 8.18.